The molecule has 0 aromatic carbocycles. The van der Waals surface area contributed by atoms with Crippen molar-refractivity contribution < 1.29 is 19.1 Å². The zero-order chi connectivity index (χ0) is 11.7. The monoisotopic (exact) mass is 212 g/mol. The van der Waals surface area contributed by atoms with Crippen molar-refractivity contribution in [1.82, 2.24) is 0 Å². The molecule has 0 heterocycles. The van der Waals surface area contributed by atoms with Gasteiger partial charge in [0.15, 0.2) is 5.92 Å². The maximum Gasteiger partial charge on any atom is 0.320 e. The molecule has 0 spiro atoms. The van der Waals surface area contributed by atoms with Crippen LogP contribution in [0, 0.1) is 5.92 Å². The minimum Gasteiger partial charge on any atom is -0.468 e. The fraction of sp³-hybridized carbons (Fsp3) is 0.545. The average molecular weight is 212 g/mol. The highest BCUT2D eigenvalue weighted by atomic mass is 16.5. The predicted molar refractivity (Wildman–Crippen MR) is 55.1 cm³/mol. The van der Waals surface area contributed by atoms with Crippen LogP contribution in [-0.4, -0.2) is 26.2 Å². The van der Waals surface area contributed by atoms with E-state index < -0.39 is 17.9 Å². The Labute approximate surface area is 89.6 Å². The third-order valence-electron chi connectivity index (χ3n) is 1.96. The number of unbranched alkanes of at least 4 members (excludes halogenated alkanes) is 1. The molecular formula is C11H16O4. The van der Waals surface area contributed by atoms with Crippen LogP contribution < -0.4 is 0 Å². The van der Waals surface area contributed by atoms with Crippen LogP contribution in [-0.2, 0) is 19.1 Å². The molecule has 15 heavy (non-hydrogen) atoms. The van der Waals surface area contributed by atoms with Gasteiger partial charge in [0.05, 0.1) is 14.2 Å². The van der Waals surface area contributed by atoms with Crippen molar-refractivity contribution in [3.63, 3.8) is 0 Å². The number of carbonyl (C=O) groups is 2. The van der Waals surface area contributed by atoms with Crippen molar-refractivity contribution in [2.45, 2.75) is 19.3 Å². The van der Waals surface area contributed by atoms with Crippen LogP contribution in [0.3, 0.4) is 0 Å². The largest absolute Gasteiger partial charge is 0.468 e. The molecule has 4 nitrogen and oxygen atoms in total. The molecule has 0 rings (SSSR count). The summed E-state index contributed by atoms with van der Waals surface area (Å²) in [6, 6.07) is 0. The first-order valence-electron chi connectivity index (χ1n) is 4.67. The predicted octanol–water partition coefficient (Wildman–Crippen LogP) is 1.46. The third kappa shape index (κ3) is 5.03. The molecule has 0 saturated heterocycles. The minimum atomic E-state index is -0.821. The lowest BCUT2D eigenvalue weighted by molar-refractivity contribution is -0.159. The van der Waals surface area contributed by atoms with Gasteiger partial charge < -0.3 is 9.47 Å². The van der Waals surface area contributed by atoms with Gasteiger partial charge in [0.25, 0.3) is 0 Å². The molecular weight excluding hydrogens is 196 g/mol. The second-order valence-electron chi connectivity index (χ2n) is 2.94. The van der Waals surface area contributed by atoms with Gasteiger partial charge in [-0.15, -0.1) is 5.73 Å². The Balaban J connectivity index is 4.19. The normalized spacial score (nSPS) is 9.27. The van der Waals surface area contributed by atoms with E-state index in [1.165, 1.54) is 14.2 Å². The Morgan fingerprint density at radius 2 is 1.87 bits per heavy atom. The number of ether oxygens (including phenoxy) is 2. The number of hydrogen-bond acceptors (Lipinski definition) is 4. The summed E-state index contributed by atoms with van der Waals surface area (Å²) in [7, 11) is 2.50. The molecule has 0 amide bonds. The minimum absolute atomic E-state index is 0.414. The van der Waals surface area contributed by atoms with Gasteiger partial charge in [-0.3, -0.25) is 9.59 Å². The molecule has 84 valence electrons. The van der Waals surface area contributed by atoms with Gasteiger partial charge in [-0.25, -0.2) is 0 Å². The van der Waals surface area contributed by atoms with Gasteiger partial charge in [0, 0.05) is 0 Å². The Bertz CT molecular complexity index is 248. The highest BCUT2D eigenvalue weighted by Gasteiger charge is 2.27. The second kappa shape index (κ2) is 7.83. The number of esters is 2. The maximum atomic E-state index is 11.2. The topological polar surface area (TPSA) is 52.6 Å². The molecule has 0 N–H and O–H groups in total. The number of rotatable bonds is 6. The standard InChI is InChI=1S/C11H16O4/c1-4-5-6-7-8-9(10(12)14-2)11(13)15-3/h5,9H,1,6-8H2,2-3H3. The van der Waals surface area contributed by atoms with Crippen molar-refractivity contribution in [1.29, 1.82) is 0 Å². The van der Waals surface area contributed by atoms with E-state index in [2.05, 4.69) is 21.8 Å². The van der Waals surface area contributed by atoms with Crippen LogP contribution in [0.25, 0.3) is 0 Å². The first-order valence-corrected chi connectivity index (χ1v) is 4.67. The van der Waals surface area contributed by atoms with E-state index in [1.54, 1.807) is 6.08 Å². The van der Waals surface area contributed by atoms with E-state index in [0.29, 0.717) is 12.8 Å². The molecule has 0 atom stereocenters. The number of carbonyl (C=O) groups excluding carboxylic acids is 2. The summed E-state index contributed by atoms with van der Waals surface area (Å²) in [6.45, 7) is 3.42. The zero-order valence-corrected chi connectivity index (χ0v) is 9.12. The fourth-order valence-electron chi connectivity index (χ4n) is 1.14. The van der Waals surface area contributed by atoms with E-state index >= 15 is 0 Å². The lowest BCUT2D eigenvalue weighted by atomic mass is 10.0. The first-order chi connectivity index (χ1) is 7.17. The quantitative estimate of drug-likeness (QED) is 0.289. The fourth-order valence-corrected chi connectivity index (χ4v) is 1.14. The Morgan fingerprint density at radius 1 is 1.33 bits per heavy atom. The van der Waals surface area contributed by atoms with E-state index in [9.17, 15) is 9.59 Å². The van der Waals surface area contributed by atoms with Crippen molar-refractivity contribution in [3.05, 3.63) is 18.4 Å². The summed E-state index contributed by atoms with van der Waals surface area (Å²) in [5, 5.41) is 0. The summed E-state index contributed by atoms with van der Waals surface area (Å²) in [6.07, 6.45) is 3.59. The van der Waals surface area contributed by atoms with Crippen molar-refractivity contribution in [2.24, 2.45) is 5.92 Å². The molecule has 4 heteroatoms. The van der Waals surface area contributed by atoms with Gasteiger partial charge in [-0.1, -0.05) is 6.58 Å². The van der Waals surface area contributed by atoms with E-state index in [4.69, 9.17) is 0 Å². The lowest BCUT2D eigenvalue weighted by Crippen LogP contribution is -2.26. The summed E-state index contributed by atoms with van der Waals surface area (Å²) in [5.41, 5.74) is 2.62. The Kier molecular flexibility index (Phi) is 7.02. The highest BCUT2D eigenvalue weighted by molar-refractivity contribution is 5.94. The summed E-state index contributed by atoms with van der Waals surface area (Å²) in [5.74, 6) is -1.92. The Morgan fingerprint density at radius 3 is 2.27 bits per heavy atom. The van der Waals surface area contributed by atoms with E-state index in [1.807, 2.05) is 0 Å². The van der Waals surface area contributed by atoms with Crippen LogP contribution in [0.5, 0.6) is 0 Å². The Hall–Kier alpha value is -1.54. The summed E-state index contributed by atoms with van der Waals surface area (Å²) in [4.78, 5) is 22.4. The van der Waals surface area contributed by atoms with Gasteiger partial charge in [0.2, 0.25) is 0 Å². The second-order valence-corrected chi connectivity index (χ2v) is 2.94. The van der Waals surface area contributed by atoms with E-state index in [0.717, 1.165) is 6.42 Å². The van der Waals surface area contributed by atoms with Crippen LogP contribution in [0.2, 0.25) is 0 Å². The van der Waals surface area contributed by atoms with Crippen LogP contribution in [0.1, 0.15) is 19.3 Å². The van der Waals surface area contributed by atoms with Crippen LogP contribution >= 0.6 is 0 Å². The molecule has 0 aliphatic heterocycles. The molecule has 0 fully saturated rings. The van der Waals surface area contributed by atoms with Crippen LogP contribution in [0.4, 0.5) is 0 Å². The molecule has 0 radical (unpaired) electrons. The van der Waals surface area contributed by atoms with Crippen LogP contribution in [0.15, 0.2) is 18.4 Å². The van der Waals surface area contributed by atoms with Gasteiger partial charge in [-0.05, 0) is 25.3 Å². The molecule has 0 aliphatic carbocycles. The molecule has 0 saturated carbocycles. The number of allylic oxidation sites excluding steroid dienone is 1. The zero-order valence-electron chi connectivity index (χ0n) is 9.12. The maximum absolute atomic E-state index is 11.2. The average Bonchev–Trinajstić information content (AvgIpc) is 2.27. The molecule has 0 aromatic rings. The van der Waals surface area contributed by atoms with Gasteiger partial charge in [0.1, 0.15) is 0 Å². The molecule has 0 aromatic heterocycles. The van der Waals surface area contributed by atoms with E-state index in [-0.39, 0.29) is 0 Å². The van der Waals surface area contributed by atoms with Crippen molar-refractivity contribution >= 4 is 11.9 Å². The number of methoxy groups -OCH3 is 2. The van der Waals surface area contributed by atoms with Crippen molar-refractivity contribution in [3.8, 4) is 0 Å². The number of hydrogen-bond donors (Lipinski definition) is 0. The SMILES string of the molecule is C=C=CCCCC(C(=O)OC)C(=O)OC. The molecule has 0 bridgehead atoms. The summed E-state index contributed by atoms with van der Waals surface area (Å²) < 4.78 is 9.03. The van der Waals surface area contributed by atoms with Gasteiger partial charge >= 0.3 is 11.9 Å². The first kappa shape index (κ1) is 13.5. The van der Waals surface area contributed by atoms with Crippen molar-refractivity contribution in [2.75, 3.05) is 14.2 Å². The molecule has 0 aliphatic rings. The lowest BCUT2D eigenvalue weighted by Gasteiger charge is -2.11. The van der Waals surface area contributed by atoms with Gasteiger partial charge in [-0.2, -0.15) is 0 Å². The molecule has 0 unspecified atom stereocenters. The summed E-state index contributed by atoms with van der Waals surface area (Å²) >= 11 is 0. The highest BCUT2D eigenvalue weighted by Crippen LogP contribution is 2.12. The smallest absolute Gasteiger partial charge is 0.320 e. The third-order valence-corrected chi connectivity index (χ3v) is 1.96.